The van der Waals surface area contributed by atoms with Crippen LogP contribution in [0.1, 0.15) is 20.3 Å². The van der Waals surface area contributed by atoms with Gasteiger partial charge in [-0.15, -0.1) is 5.10 Å². The topological polar surface area (TPSA) is 97.1 Å². The Morgan fingerprint density at radius 3 is 3.05 bits per heavy atom. The minimum Gasteiger partial charge on any atom is -0.368 e. The van der Waals surface area contributed by atoms with Crippen LogP contribution in [0.4, 0.5) is 5.82 Å². The van der Waals surface area contributed by atoms with Crippen molar-refractivity contribution in [2.75, 3.05) is 18.4 Å². The van der Waals surface area contributed by atoms with Gasteiger partial charge in [0.25, 0.3) is 0 Å². The van der Waals surface area contributed by atoms with Crippen LogP contribution < -0.4 is 10.6 Å². The van der Waals surface area contributed by atoms with Crippen molar-refractivity contribution >= 4 is 17.4 Å². The van der Waals surface area contributed by atoms with Crippen LogP contribution in [0, 0.1) is 5.92 Å². The van der Waals surface area contributed by atoms with Crippen molar-refractivity contribution in [3.8, 4) is 0 Å². The fourth-order valence-corrected chi connectivity index (χ4v) is 1.51. The van der Waals surface area contributed by atoms with Crippen LogP contribution in [0.2, 0.25) is 0 Å². The molecule has 0 spiro atoms. The third kappa shape index (κ3) is 3.60. The second-order valence-corrected chi connectivity index (χ2v) is 4.62. The van der Waals surface area contributed by atoms with E-state index in [0.29, 0.717) is 36.9 Å². The average molecular weight is 263 g/mol. The smallest absolute Gasteiger partial charge is 0.221 e. The van der Waals surface area contributed by atoms with Gasteiger partial charge in [-0.2, -0.15) is 4.52 Å². The number of anilines is 1. The Kier molecular flexibility index (Phi) is 4.22. The molecule has 0 aliphatic rings. The van der Waals surface area contributed by atoms with Gasteiger partial charge in [-0.25, -0.2) is 0 Å². The van der Waals surface area contributed by atoms with Gasteiger partial charge in [0.05, 0.1) is 12.4 Å². The molecule has 2 aromatic heterocycles. The molecule has 0 unspecified atom stereocenters. The molecule has 0 saturated carbocycles. The van der Waals surface area contributed by atoms with E-state index in [1.807, 2.05) is 0 Å². The SMILES string of the molecule is CC(C)CNC(=O)CCNc1cncc2nnnn12. The van der Waals surface area contributed by atoms with Gasteiger partial charge in [0.1, 0.15) is 5.82 Å². The number of amides is 1. The Balaban J connectivity index is 1.82. The molecule has 8 nitrogen and oxygen atoms in total. The van der Waals surface area contributed by atoms with E-state index in [1.54, 1.807) is 16.9 Å². The first kappa shape index (κ1) is 13.2. The number of tetrazole rings is 1. The van der Waals surface area contributed by atoms with Gasteiger partial charge >= 0.3 is 0 Å². The van der Waals surface area contributed by atoms with Crippen molar-refractivity contribution in [3.05, 3.63) is 12.4 Å². The zero-order valence-corrected chi connectivity index (χ0v) is 11.0. The lowest BCUT2D eigenvalue weighted by molar-refractivity contribution is -0.120. The van der Waals surface area contributed by atoms with Gasteiger partial charge < -0.3 is 10.6 Å². The Hall–Kier alpha value is -2.25. The molecule has 1 amide bonds. The van der Waals surface area contributed by atoms with E-state index in [1.165, 1.54) is 0 Å². The summed E-state index contributed by atoms with van der Waals surface area (Å²) in [6, 6.07) is 0. The van der Waals surface area contributed by atoms with Gasteiger partial charge in [0, 0.05) is 19.5 Å². The zero-order chi connectivity index (χ0) is 13.7. The van der Waals surface area contributed by atoms with E-state index in [-0.39, 0.29) is 5.91 Å². The monoisotopic (exact) mass is 263 g/mol. The Labute approximate surface area is 110 Å². The molecule has 0 fully saturated rings. The summed E-state index contributed by atoms with van der Waals surface area (Å²) in [7, 11) is 0. The molecule has 2 heterocycles. The van der Waals surface area contributed by atoms with E-state index in [9.17, 15) is 4.79 Å². The van der Waals surface area contributed by atoms with E-state index >= 15 is 0 Å². The van der Waals surface area contributed by atoms with Crippen molar-refractivity contribution in [1.82, 2.24) is 30.3 Å². The fraction of sp³-hybridized carbons (Fsp3) is 0.545. The van der Waals surface area contributed by atoms with E-state index in [2.05, 4.69) is 45.0 Å². The summed E-state index contributed by atoms with van der Waals surface area (Å²) in [6.45, 7) is 5.32. The average Bonchev–Trinajstić information content (AvgIpc) is 2.85. The van der Waals surface area contributed by atoms with Crippen LogP contribution in [-0.2, 0) is 4.79 Å². The first-order valence-electron chi connectivity index (χ1n) is 6.19. The Morgan fingerprint density at radius 1 is 1.42 bits per heavy atom. The third-order valence-corrected chi connectivity index (χ3v) is 2.47. The highest BCUT2D eigenvalue weighted by Gasteiger charge is 2.05. The summed E-state index contributed by atoms with van der Waals surface area (Å²) in [5, 5.41) is 17.1. The van der Waals surface area contributed by atoms with Crippen molar-refractivity contribution in [1.29, 1.82) is 0 Å². The quantitative estimate of drug-likeness (QED) is 0.767. The standard InChI is InChI=1S/C11H17N7O/c1-8(2)5-14-11(19)3-4-13-9-6-12-7-10-15-16-17-18(9)10/h6-8,13H,3-5H2,1-2H3,(H,14,19). The molecule has 0 aliphatic carbocycles. The largest absolute Gasteiger partial charge is 0.368 e. The summed E-state index contributed by atoms with van der Waals surface area (Å²) < 4.78 is 1.54. The first-order valence-corrected chi connectivity index (χ1v) is 6.19. The van der Waals surface area contributed by atoms with Crippen molar-refractivity contribution in [2.24, 2.45) is 5.92 Å². The molecule has 2 N–H and O–H groups in total. The molecule has 2 rings (SSSR count). The van der Waals surface area contributed by atoms with Crippen molar-refractivity contribution < 1.29 is 4.79 Å². The zero-order valence-electron chi connectivity index (χ0n) is 11.0. The number of hydrogen-bond acceptors (Lipinski definition) is 6. The molecular formula is C11H17N7O. The number of fused-ring (bicyclic) bond motifs is 1. The highest BCUT2D eigenvalue weighted by molar-refractivity contribution is 5.76. The number of carbonyl (C=O) groups excluding carboxylic acids is 1. The van der Waals surface area contributed by atoms with E-state index in [4.69, 9.17) is 0 Å². The Bertz CT molecular complexity index is 551. The molecule has 0 aromatic carbocycles. The van der Waals surface area contributed by atoms with Gasteiger partial charge in [-0.05, 0) is 16.3 Å². The van der Waals surface area contributed by atoms with Gasteiger partial charge in [-0.1, -0.05) is 13.8 Å². The lowest BCUT2D eigenvalue weighted by Gasteiger charge is -2.09. The number of nitrogens with zero attached hydrogens (tertiary/aromatic N) is 5. The number of aromatic nitrogens is 5. The Morgan fingerprint density at radius 2 is 2.26 bits per heavy atom. The summed E-state index contributed by atoms with van der Waals surface area (Å²) in [5.74, 6) is 1.15. The number of nitrogens with one attached hydrogen (secondary N) is 2. The van der Waals surface area contributed by atoms with Gasteiger partial charge in [-0.3, -0.25) is 9.78 Å². The highest BCUT2D eigenvalue weighted by atomic mass is 16.1. The number of rotatable bonds is 6. The van der Waals surface area contributed by atoms with Gasteiger partial charge in [0.2, 0.25) is 5.91 Å². The molecule has 0 bridgehead atoms. The van der Waals surface area contributed by atoms with Crippen molar-refractivity contribution in [2.45, 2.75) is 20.3 Å². The first-order chi connectivity index (χ1) is 9.16. The second-order valence-electron chi connectivity index (χ2n) is 4.62. The molecule has 102 valence electrons. The molecule has 2 aromatic rings. The van der Waals surface area contributed by atoms with Crippen LogP contribution in [0.15, 0.2) is 12.4 Å². The maximum atomic E-state index is 11.5. The van der Waals surface area contributed by atoms with Crippen LogP contribution in [0.25, 0.3) is 5.65 Å². The molecule has 0 saturated heterocycles. The predicted molar refractivity (Wildman–Crippen MR) is 69.5 cm³/mol. The molecule has 0 atom stereocenters. The van der Waals surface area contributed by atoms with Crippen LogP contribution >= 0.6 is 0 Å². The van der Waals surface area contributed by atoms with Crippen LogP contribution in [0.5, 0.6) is 0 Å². The predicted octanol–water partition coefficient (Wildman–Crippen LogP) is 0.0935. The normalized spacial score (nSPS) is 10.9. The maximum absolute atomic E-state index is 11.5. The fourth-order valence-electron chi connectivity index (χ4n) is 1.51. The minimum atomic E-state index is 0.0260. The van der Waals surface area contributed by atoms with Crippen molar-refractivity contribution in [3.63, 3.8) is 0 Å². The maximum Gasteiger partial charge on any atom is 0.221 e. The number of hydrogen-bond donors (Lipinski definition) is 2. The molecule has 19 heavy (non-hydrogen) atoms. The van der Waals surface area contributed by atoms with E-state index < -0.39 is 0 Å². The van der Waals surface area contributed by atoms with Crippen LogP contribution in [0.3, 0.4) is 0 Å². The third-order valence-electron chi connectivity index (χ3n) is 2.47. The summed E-state index contributed by atoms with van der Waals surface area (Å²) in [4.78, 5) is 15.6. The molecule has 0 aliphatic heterocycles. The second kappa shape index (κ2) is 6.07. The highest BCUT2D eigenvalue weighted by Crippen LogP contribution is 2.05. The molecular weight excluding hydrogens is 246 g/mol. The van der Waals surface area contributed by atoms with Crippen LogP contribution in [-0.4, -0.2) is 44.0 Å². The number of carbonyl (C=O) groups is 1. The summed E-state index contributed by atoms with van der Waals surface area (Å²) in [6.07, 6.45) is 3.58. The molecule has 0 radical (unpaired) electrons. The lowest BCUT2D eigenvalue weighted by Crippen LogP contribution is -2.28. The lowest BCUT2D eigenvalue weighted by atomic mass is 10.2. The van der Waals surface area contributed by atoms with Gasteiger partial charge in [0.15, 0.2) is 5.65 Å². The van der Waals surface area contributed by atoms with E-state index in [0.717, 1.165) is 0 Å². The minimum absolute atomic E-state index is 0.0260. The molecule has 8 heteroatoms. The summed E-state index contributed by atoms with van der Waals surface area (Å²) in [5.41, 5.74) is 0.564. The summed E-state index contributed by atoms with van der Waals surface area (Å²) >= 11 is 0.